The summed E-state index contributed by atoms with van der Waals surface area (Å²) in [5, 5.41) is 10.5. The molecule has 0 unspecified atom stereocenters. The molecule has 24 heavy (non-hydrogen) atoms. The van der Waals surface area contributed by atoms with Gasteiger partial charge in [0.25, 0.3) is 0 Å². The predicted octanol–water partition coefficient (Wildman–Crippen LogP) is 3.48. The molecule has 0 atom stereocenters. The maximum absolute atomic E-state index is 13.1. The van der Waals surface area contributed by atoms with E-state index in [1.54, 1.807) is 7.11 Å². The van der Waals surface area contributed by atoms with E-state index in [1.165, 1.54) is 5.56 Å². The van der Waals surface area contributed by atoms with Gasteiger partial charge in [-0.15, -0.1) is 0 Å². The van der Waals surface area contributed by atoms with Gasteiger partial charge in [-0.2, -0.15) is 0 Å². The molecule has 1 aromatic carbocycles. The van der Waals surface area contributed by atoms with Gasteiger partial charge >= 0.3 is 0 Å². The number of benzene rings is 1. The molecule has 1 spiro atoms. The fourth-order valence-corrected chi connectivity index (χ4v) is 4.18. The Balaban J connectivity index is 1.71. The number of nitrogens with zero attached hydrogens (tertiary/aromatic N) is 1. The lowest BCUT2D eigenvalue weighted by atomic mass is 9.68. The second-order valence-corrected chi connectivity index (χ2v) is 7.89. The number of aliphatic hydroxyl groups is 1. The topological polar surface area (TPSA) is 49.8 Å². The molecule has 132 valence electrons. The lowest BCUT2D eigenvalue weighted by molar-refractivity contribution is -0.133. The van der Waals surface area contributed by atoms with E-state index in [0.29, 0.717) is 25.4 Å². The van der Waals surface area contributed by atoms with Crippen molar-refractivity contribution in [2.24, 2.45) is 5.41 Å². The van der Waals surface area contributed by atoms with Crippen LogP contribution in [0.5, 0.6) is 0 Å². The molecule has 2 aliphatic rings. The summed E-state index contributed by atoms with van der Waals surface area (Å²) in [4.78, 5) is 15.0. The van der Waals surface area contributed by atoms with Gasteiger partial charge in [-0.05, 0) is 55.7 Å². The smallest absolute Gasteiger partial charge is 0.233 e. The predicted molar refractivity (Wildman–Crippen MR) is 95.2 cm³/mol. The van der Waals surface area contributed by atoms with Crippen LogP contribution in [0, 0.1) is 5.41 Å². The Kier molecular flexibility index (Phi) is 4.71. The minimum atomic E-state index is -0.757. The Morgan fingerprint density at radius 1 is 1.12 bits per heavy atom. The molecule has 1 heterocycles. The largest absolute Gasteiger partial charge is 0.387 e. The van der Waals surface area contributed by atoms with Crippen molar-refractivity contribution < 1.29 is 14.6 Å². The van der Waals surface area contributed by atoms with Gasteiger partial charge in [0.2, 0.25) is 5.91 Å². The highest BCUT2D eigenvalue weighted by molar-refractivity contribution is 6.00. The third-order valence-corrected chi connectivity index (χ3v) is 5.94. The summed E-state index contributed by atoms with van der Waals surface area (Å²) in [5.74, 6) is 0.732. The summed E-state index contributed by atoms with van der Waals surface area (Å²) in [6.45, 7) is 5.49. The van der Waals surface area contributed by atoms with Crippen molar-refractivity contribution in [3.8, 4) is 0 Å². The highest BCUT2D eigenvalue weighted by Gasteiger charge is 2.51. The quantitative estimate of drug-likeness (QED) is 0.919. The van der Waals surface area contributed by atoms with Crippen molar-refractivity contribution in [2.75, 3.05) is 25.2 Å². The molecule has 0 aromatic heterocycles. The number of carbonyl (C=O) groups is 1. The summed E-state index contributed by atoms with van der Waals surface area (Å²) in [6.07, 6.45) is 3.69. The number of methoxy groups -OCH3 is 1. The van der Waals surface area contributed by atoms with E-state index in [9.17, 15) is 9.90 Å². The van der Waals surface area contributed by atoms with Gasteiger partial charge in [-0.25, -0.2) is 0 Å². The molecule has 1 aliphatic carbocycles. The van der Waals surface area contributed by atoms with Crippen LogP contribution >= 0.6 is 0 Å². The first kappa shape index (κ1) is 17.4. The number of anilines is 1. The summed E-state index contributed by atoms with van der Waals surface area (Å²) in [5.41, 5.74) is 1.25. The molecule has 4 heteroatoms. The molecule has 1 saturated carbocycles. The number of ether oxygens (including phenoxy) is 1. The SMILES string of the molecule is COCC1(O)CCC2(CCN(c3ccc(C(C)C)cc3)C2=O)CC1. The first-order chi connectivity index (χ1) is 11.4. The van der Waals surface area contributed by atoms with Crippen molar-refractivity contribution in [3.63, 3.8) is 0 Å². The molecular formula is C20H29NO3. The Labute approximate surface area is 144 Å². The van der Waals surface area contributed by atoms with Crippen molar-refractivity contribution in [2.45, 2.75) is 57.5 Å². The van der Waals surface area contributed by atoms with Gasteiger partial charge < -0.3 is 14.7 Å². The van der Waals surface area contributed by atoms with Gasteiger partial charge in [0.05, 0.1) is 17.6 Å². The minimum Gasteiger partial charge on any atom is -0.387 e. The van der Waals surface area contributed by atoms with Crippen molar-refractivity contribution in [1.29, 1.82) is 0 Å². The summed E-state index contributed by atoms with van der Waals surface area (Å²) >= 11 is 0. The third-order valence-electron chi connectivity index (χ3n) is 5.94. The van der Waals surface area contributed by atoms with E-state index < -0.39 is 5.60 Å². The molecule has 1 N–H and O–H groups in total. The molecule has 1 aliphatic heterocycles. The Hall–Kier alpha value is -1.39. The number of hydrogen-bond donors (Lipinski definition) is 1. The molecule has 4 nitrogen and oxygen atoms in total. The second-order valence-electron chi connectivity index (χ2n) is 7.89. The molecule has 3 rings (SSSR count). The zero-order valence-corrected chi connectivity index (χ0v) is 15.0. The molecule has 2 fully saturated rings. The Morgan fingerprint density at radius 3 is 2.29 bits per heavy atom. The van der Waals surface area contributed by atoms with Gasteiger partial charge in [-0.3, -0.25) is 4.79 Å². The van der Waals surface area contributed by atoms with Crippen LogP contribution in [0.2, 0.25) is 0 Å². The average Bonchev–Trinajstić information content (AvgIpc) is 2.88. The highest BCUT2D eigenvalue weighted by Crippen LogP contribution is 2.48. The minimum absolute atomic E-state index is 0.235. The van der Waals surface area contributed by atoms with Crippen LogP contribution in [0.25, 0.3) is 0 Å². The van der Waals surface area contributed by atoms with E-state index in [-0.39, 0.29) is 11.3 Å². The lowest BCUT2D eigenvalue weighted by Crippen LogP contribution is -2.45. The van der Waals surface area contributed by atoms with Gasteiger partial charge in [0.1, 0.15) is 0 Å². The van der Waals surface area contributed by atoms with Crippen LogP contribution in [-0.2, 0) is 9.53 Å². The van der Waals surface area contributed by atoms with Crippen molar-refractivity contribution >= 4 is 11.6 Å². The normalized spacial score (nSPS) is 30.5. The maximum Gasteiger partial charge on any atom is 0.233 e. The number of hydrogen-bond acceptors (Lipinski definition) is 3. The summed E-state index contributed by atoms with van der Waals surface area (Å²) in [7, 11) is 1.62. The van der Waals surface area contributed by atoms with Crippen molar-refractivity contribution in [3.05, 3.63) is 29.8 Å². The zero-order valence-electron chi connectivity index (χ0n) is 15.0. The fraction of sp³-hybridized carbons (Fsp3) is 0.650. The first-order valence-electron chi connectivity index (χ1n) is 9.02. The number of amides is 1. The maximum atomic E-state index is 13.1. The van der Waals surface area contributed by atoms with Gasteiger partial charge in [-0.1, -0.05) is 26.0 Å². The highest BCUT2D eigenvalue weighted by atomic mass is 16.5. The standard InChI is InChI=1S/C20H29NO3/c1-15(2)16-4-6-17(7-5-16)21-13-12-19(18(21)22)8-10-20(23,11-9-19)14-24-3/h4-7,15,23H,8-14H2,1-3H3. The molecule has 1 amide bonds. The van der Waals surface area contributed by atoms with Crippen LogP contribution in [0.1, 0.15) is 57.4 Å². The summed E-state index contributed by atoms with van der Waals surface area (Å²) < 4.78 is 5.14. The van der Waals surface area contributed by atoms with Crippen LogP contribution in [0.15, 0.2) is 24.3 Å². The van der Waals surface area contributed by atoms with E-state index in [2.05, 4.69) is 38.1 Å². The number of carbonyl (C=O) groups excluding carboxylic acids is 1. The van der Waals surface area contributed by atoms with Crippen molar-refractivity contribution in [1.82, 2.24) is 0 Å². The van der Waals surface area contributed by atoms with E-state index in [0.717, 1.165) is 31.5 Å². The zero-order chi connectivity index (χ0) is 17.4. The number of rotatable bonds is 4. The van der Waals surface area contributed by atoms with Crippen LogP contribution < -0.4 is 4.90 Å². The molecule has 0 bridgehead atoms. The third kappa shape index (κ3) is 3.09. The average molecular weight is 331 g/mol. The van der Waals surface area contributed by atoms with Crippen LogP contribution in [-0.4, -0.2) is 36.9 Å². The van der Waals surface area contributed by atoms with Crippen LogP contribution in [0.4, 0.5) is 5.69 Å². The van der Waals surface area contributed by atoms with E-state index >= 15 is 0 Å². The molecule has 1 aromatic rings. The molecule has 0 radical (unpaired) electrons. The van der Waals surface area contributed by atoms with Crippen LogP contribution in [0.3, 0.4) is 0 Å². The fourth-order valence-electron chi connectivity index (χ4n) is 4.18. The molecular weight excluding hydrogens is 302 g/mol. The monoisotopic (exact) mass is 331 g/mol. The van der Waals surface area contributed by atoms with Gasteiger partial charge in [0.15, 0.2) is 0 Å². The first-order valence-corrected chi connectivity index (χ1v) is 9.02. The Bertz CT molecular complexity index is 585. The lowest BCUT2D eigenvalue weighted by Gasteiger charge is -2.40. The Morgan fingerprint density at radius 2 is 1.75 bits per heavy atom. The molecule has 1 saturated heterocycles. The van der Waals surface area contributed by atoms with Gasteiger partial charge in [0, 0.05) is 19.3 Å². The second kappa shape index (κ2) is 6.49. The summed E-state index contributed by atoms with van der Waals surface area (Å²) in [6, 6.07) is 8.37. The van der Waals surface area contributed by atoms with E-state index in [1.807, 2.05) is 4.90 Å². The van der Waals surface area contributed by atoms with E-state index in [4.69, 9.17) is 4.74 Å².